The van der Waals surface area contributed by atoms with Crippen LogP contribution in [0.5, 0.6) is 0 Å². The summed E-state index contributed by atoms with van der Waals surface area (Å²) in [7, 11) is 0. The van der Waals surface area contributed by atoms with E-state index in [0.29, 0.717) is 0 Å². The first-order valence-corrected chi connectivity index (χ1v) is 6.05. The molecule has 0 aromatic carbocycles. The van der Waals surface area contributed by atoms with Crippen molar-refractivity contribution in [1.29, 1.82) is 0 Å². The predicted molar refractivity (Wildman–Crippen MR) is 59.4 cm³/mol. The fourth-order valence-electron chi connectivity index (χ4n) is 2.95. The molecule has 0 atom stereocenters. The van der Waals surface area contributed by atoms with Gasteiger partial charge in [-0.1, -0.05) is 13.0 Å². The largest absolute Gasteiger partial charge is 0.456 e. The molecule has 0 radical (unpaired) electrons. The first kappa shape index (κ1) is 10.7. The fourth-order valence-corrected chi connectivity index (χ4v) is 2.95. The van der Waals surface area contributed by atoms with Gasteiger partial charge in [-0.2, -0.15) is 0 Å². The summed E-state index contributed by atoms with van der Waals surface area (Å²) in [6.45, 7) is 3.89. The van der Waals surface area contributed by atoms with Crippen LogP contribution in [0, 0.1) is 5.92 Å². The van der Waals surface area contributed by atoms with E-state index in [2.05, 4.69) is 0 Å². The van der Waals surface area contributed by atoms with Crippen LogP contribution in [0.3, 0.4) is 0 Å². The minimum Gasteiger partial charge on any atom is -0.456 e. The first-order valence-electron chi connectivity index (χ1n) is 6.05. The minimum absolute atomic E-state index is 0.0788. The normalized spacial score (nSPS) is 34.5. The molecule has 0 heterocycles. The van der Waals surface area contributed by atoms with E-state index >= 15 is 0 Å². The summed E-state index contributed by atoms with van der Waals surface area (Å²) in [4.78, 5) is 11.8. The second-order valence-corrected chi connectivity index (χ2v) is 5.02. The number of carbonyl (C=O) groups is 1. The molecule has 2 fully saturated rings. The Bertz CT molecular complexity index is 283. The Morgan fingerprint density at radius 3 is 2.60 bits per heavy atom. The smallest absolute Gasteiger partial charge is 0.333 e. The summed E-state index contributed by atoms with van der Waals surface area (Å²) in [6, 6.07) is 0. The molecule has 0 saturated heterocycles. The Morgan fingerprint density at radius 2 is 2.13 bits per heavy atom. The third-order valence-electron chi connectivity index (χ3n) is 3.82. The third-order valence-corrected chi connectivity index (χ3v) is 3.82. The van der Waals surface area contributed by atoms with Crippen LogP contribution in [-0.2, 0) is 9.53 Å². The van der Waals surface area contributed by atoms with Crippen molar-refractivity contribution in [3.05, 3.63) is 11.6 Å². The summed E-state index contributed by atoms with van der Waals surface area (Å²) >= 11 is 0. The Morgan fingerprint density at radius 1 is 1.47 bits per heavy atom. The van der Waals surface area contributed by atoms with E-state index < -0.39 is 0 Å². The van der Waals surface area contributed by atoms with Crippen LogP contribution in [0.25, 0.3) is 0 Å². The van der Waals surface area contributed by atoms with E-state index in [0.717, 1.165) is 37.2 Å². The number of fused-ring (bicyclic) bond motifs is 2. The highest BCUT2D eigenvalue weighted by atomic mass is 16.6. The molecular formula is C13H20O2. The van der Waals surface area contributed by atoms with E-state index in [1.807, 2.05) is 19.9 Å². The van der Waals surface area contributed by atoms with Gasteiger partial charge in [0.2, 0.25) is 0 Å². The molecule has 2 saturated carbocycles. The second kappa shape index (κ2) is 3.99. The van der Waals surface area contributed by atoms with Gasteiger partial charge in [0.1, 0.15) is 5.60 Å². The summed E-state index contributed by atoms with van der Waals surface area (Å²) in [5.74, 6) is 0.729. The van der Waals surface area contributed by atoms with Crippen molar-refractivity contribution in [1.82, 2.24) is 0 Å². The van der Waals surface area contributed by atoms with Gasteiger partial charge in [0.15, 0.2) is 0 Å². The number of allylic oxidation sites excluding steroid dienone is 1. The molecule has 0 unspecified atom stereocenters. The number of esters is 1. The number of ether oxygens (including phenoxy) is 1. The maximum Gasteiger partial charge on any atom is 0.333 e. The Hall–Kier alpha value is -0.790. The van der Waals surface area contributed by atoms with Gasteiger partial charge in [-0.3, -0.25) is 0 Å². The second-order valence-electron chi connectivity index (χ2n) is 5.02. The lowest BCUT2D eigenvalue weighted by Gasteiger charge is -2.26. The van der Waals surface area contributed by atoms with Crippen LogP contribution >= 0.6 is 0 Å². The Labute approximate surface area is 91.7 Å². The molecule has 0 spiro atoms. The first-order chi connectivity index (χ1) is 7.15. The van der Waals surface area contributed by atoms with Gasteiger partial charge in [0.05, 0.1) is 0 Å². The van der Waals surface area contributed by atoms with Gasteiger partial charge < -0.3 is 4.74 Å². The van der Waals surface area contributed by atoms with Gasteiger partial charge in [-0.25, -0.2) is 4.79 Å². The lowest BCUT2D eigenvalue weighted by atomic mass is 9.97. The van der Waals surface area contributed by atoms with Gasteiger partial charge in [0.25, 0.3) is 0 Å². The van der Waals surface area contributed by atoms with Crippen molar-refractivity contribution in [2.24, 2.45) is 5.92 Å². The van der Waals surface area contributed by atoms with Gasteiger partial charge in [0, 0.05) is 5.57 Å². The highest BCUT2D eigenvalue weighted by molar-refractivity contribution is 5.88. The molecule has 2 rings (SSSR count). The maximum absolute atomic E-state index is 11.8. The fraction of sp³-hybridized carbons (Fsp3) is 0.769. The molecule has 84 valence electrons. The van der Waals surface area contributed by atoms with Crippen LogP contribution < -0.4 is 0 Å². The topological polar surface area (TPSA) is 26.3 Å². The van der Waals surface area contributed by atoms with Crippen molar-refractivity contribution >= 4 is 5.97 Å². The van der Waals surface area contributed by atoms with Crippen LogP contribution in [0.4, 0.5) is 0 Å². The molecule has 2 aliphatic carbocycles. The average Bonchev–Trinajstić information content (AvgIpc) is 2.77. The van der Waals surface area contributed by atoms with E-state index in [1.165, 1.54) is 12.8 Å². The van der Waals surface area contributed by atoms with Crippen LogP contribution in [0.2, 0.25) is 0 Å². The van der Waals surface area contributed by atoms with Crippen molar-refractivity contribution < 1.29 is 9.53 Å². The summed E-state index contributed by atoms with van der Waals surface area (Å²) in [5, 5.41) is 0. The van der Waals surface area contributed by atoms with Gasteiger partial charge in [-0.05, 0) is 51.4 Å². The molecule has 0 aromatic rings. The number of carbonyl (C=O) groups excluding carboxylic acids is 1. The molecule has 15 heavy (non-hydrogen) atoms. The van der Waals surface area contributed by atoms with Crippen molar-refractivity contribution in [2.75, 3.05) is 0 Å². The zero-order valence-electron chi connectivity index (χ0n) is 9.71. The van der Waals surface area contributed by atoms with Crippen molar-refractivity contribution in [3.63, 3.8) is 0 Å². The highest BCUT2D eigenvalue weighted by Gasteiger charge is 2.47. The van der Waals surface area contributed by atoms with Crippen molar-refractivity contribution in [2.45, 2.75) is 58.0 Å². The number of hydrogen-bond acceptors (Lipinski definition) is 2. The lowest BCUT2D eigenvalue weighted by molar-refractivity contribution is -0.153. The van der Waals surface area contributed by atoms with Crippen LogP contribution in [0.1, 0.15) is 52.4 Å². The zero-order chi connectivity index (χ0) is 10.9. The standard InChI is InChI=1S/C13H20O2/c1-3-4-10(2)12(14)15-13-7-5-11(9-13)6-8-13/h4,11H,3,5-9H2,1-2H3/b10-4+. The van der Waals surface area contributed by atoms with Gasteiger partial charge >= 0.3 is 5.97 Å². The maximum atomic E-state index is 11.8. The van der Waals surface area contributed by atoms with E-state index in [9.17, 15) is 4.79 Å². The lowest BCUT2D eigenvalue weighted by Crippen LogP contribution is -2.30. The van der Waals surface area contributed by atoms with E-state index in [1.54, 1.807) is 0 Å². The molecule has 0 N–H and O–H groups in total. The molecule has 2 heteroatoms. The SMILES string of the molecule is CC/C=C(\C)C(=O)OC12CCC(CC1)C2. The monoisotopic (exact) mass is 208 g/mol. The molecular weight excluding hydrogens is 188 g/mol. The molecule has 2 nitrogen and oxygen atoms in total. The summed E-state index contributed by atoms with van der Waals surface area (Å²) in [6.07, 6.45) is 8.63. The highest BCUT2D eigenvalue weighted by Crippen LogP contribution is 2.50. The predicted octanol–water partition coefficient (Wildman–Crippen LogP) is 3.22. The molecule has 2 aliphatic rings. The Kier molecular flexibility index (Phi) is 2.85. The van der Waals surface area contributed by atoms with Gasteiger partial charge in [-0.15, -0.1) is 0 Å². The molecule has 0 aromatic heterocycles. The molecule has 0 amide bonds. The van der Waals surface area contributed by atoms with Crippen molar-refractivity contribution in [3.8, 4) is 0 Å². The van der Waals surface area contributed by atoms with E-state index in [4.69, 9.17) is 4.74 Å². The third kappa shape index (κ3) is 2.09. The molecule has 0 aliphatic heterocycles. The summed E-state index contributed by atoms with van der Waals surface area (Å²) in [5.41, 5.74) is 0.687. The number of hydrogen-bond donors (Lipinski definition) is 0. The average molecular weight is 208 g/mol. The Balaban J connectivity index is 1.97. The minimum atomic E-state index is -0.0978. The van der Waals surface area contributed by atoms with E-state index in [-0.39, 0.29) is 11.6 Å². The number of rotatable bonds is 3. The zero-order valence-corrected chi connectivity index (χ0v) is 9.71. The van der Waals surface area contributed by atoms with Crippen LogP contribution in [0.15, 0.2) is 11.6 Å². The summed E-state index contributed by atoms with van der Waals surface area (Å²) < 4.78 is 5.70. The van der Waals surface area contributed by atoms with Crippen LogP contribution in [-0.4, -0.2) is 11.6 Å². The quantitative estimate of drug-likeness (QED) is 0.526. The molecule has 2 bridgehead atoms.